The second-order valence-electron chi connectivity index (χ2n) is 6.90. The zero-order valence-electron chi connectivity index (χ0n) is 16.3. The number of carboxylic acid groups (broad SMARTS) is 1. The maximum atomic E-state index is 13.3. The van der Waals surface area contributed by atoms with Gasteiger partial charge in [-0.25, -0.2) is 0 Å². The summed E-state index contributed by atoms with van der Waals surface area (Å²) < 4.78 is 5.80. The van der Waals surface area contributed by atoms with Gasteiger partial charge in [0.2, 0.25) is 0 Å². The first-order valence-electron chi connectivity index (χ1n) is 9.59. The van der Waals surface area contributed by atoms with Gasteiger partial charge in [0.15, 0.2) is 6.29 Å². The molecule has 8 heteroatoms. The van der Waals surface area contributed by atoms with E-state index in [2.05, 4.69) is 0 Å². The van der Waals surface area contributed by atoms with Crippen LogP contribution < -0.4 is 4.74 Å². The van der Waals surface area contributed by atoms with Crippen LogP contribution in [0, 0.1) is 0 Å². The van der Waals surface area contributed by atoms with E-state index in [9.17, 15) is 19.5 Å². The Morgan fingerprint density at radius 1 is 1.20 bits per heavy atom. The van der Waals surface area contributed by atoms with Crippen molar-refractivity contribution in [2.24, 2.45) is 0 Å². The average Bonchev–Trinajstić information content (AvgIpc) is 2.76. The highest BCUT2D eigenvalue weighted by atomic mass is 32.2. The molecule has 0 saturated carbocycles. The fourth-order valence-corrected chi connectivity index (χ4v) is 4.41. The molecule has 0 bridgehead atoms. The van der Waals surface area contributed by atoms with Gasteiger partial charge in [0.05, 0.1) is 11.6 Å². The Morgan fingerprint density at radius 3 is 2.77 bits per heavy atom. The summed E-state index contributed by atoms with van der Waals surface area (Å²) in [4.78, 5) is 37.2. The van der Waals surface area contributed by atoms with Gasteiger partial charge in [-0.1, -0.05) is 24.3 Å². The molecule has 2 aromatic rings. The summed E-state index contributed by atoms with van der Waals surface area (Å²) in [5, 5.41) is 18.8. The number of hydrogen-bond donors (Lipinski definition) is 2. The predicted octanol–water partition coefficient (Wildman–Crippen LogP) is 2.86. The first kappa shape index (κ1) is 21.7. The van der Waals surface area contributed by atoms with E-state index in [1.54, 1.807) is 53.1 Å². The Hall–Kier alpha value is -3.00. The standard InChI is InChI=1S/C22H23NO6S/c24-12-18-19(25)6-3-7-20(18)29-13-16-14-30-11-10-23(16)22(28)17-5-2-1-4-15(17)8-9-21(26)27/h1-7,12,16,25H,8-11,13-14H2,(H,26,27)/t16-/m1/s1. The van der Waals surface area contributed by atoms with Crippen molar-refractivity contribution in [1.29, 1.82) is 0 Å². The SMILES string of the molecule is O=Cc1c(O)cccc1OC[C@@H]1CSCCN1C(=O)c1ccccc1CCC(=O)O. The summed E-state index contributed by atoms with van der Waals surface area (Å²) >= 11 is 1.72. The smallest absolute Gasteiger partial charge is 0.303 e. The second-order valence-corrected chi connectivity index (χ2v) is 8.05. The summed E-state index contributed by atoms with van der Waals surface area (Å²) in [6.45, 7) is 0.728. The molecule has 3 rings (SSSR count). The Balaban J connectivity index is 1.76. The minimum atomic E-state index is -0.907. The number of ether oxygens (including phenoxy) is 1. The van der Waals surface area contributed by atoms with Gasteiger partial charge < -0.3 is 19.8 Å². The normalized spacial score (nSPS) is 16.1. The van der Waals surface area contributed by atoms with Crippen LogP contribution in [-0.4, -0.2) is 64.0 Å². The number of phenolic OH excluding ortho intramolecular Hbond substituents is 1. The highest BCUT2D eigenvalue weighted by molar-refractivity contribution is 7.99. The molecular weight excluding hydrogens is 406 g/mol. The molecule has 0 spiro atoms. The van der Waals surface area contributed by atoms with Gasteiger partial charge in [0.25, 0.3) is 5.91 Å². The monoisotopic (exact) mass is 429 g/mol. The highest BCUT2D eigenvalue weighted by Crippen LogP contribution is 2.27. The zero-order chi connectivity index (χ0) is 21.5. The van der Waals surface area contributed by atoms with Crippen LogP contribution in [0.25, 0.3) is 0 Å². The quantitative estimate of drug-likeness (QED) is 0.622. The van der Waals surface area contributed by atoms with Gasteiger partial charge in [-0.3, -0.25) is 14.4 Å². The lowest BCUT2D eigenvalue weighted by Gasteiger charge is -2.35. The molecule has 7 nitrogen and oxygen atoms in total. The molecule has 2 N–H and O–H groups in total. The van der Waals surface area contributed by atoms with Gasteiger partial charge in [0.1, 0.15) is 18.1 Å². The number of aromatic hydroxyl groups is 1. The molecule has 0 aliphatic carbocycles. The van der Waals surface area contributed by atoms with Gasteiger partial charge >= 0.3 is 5.97 Å². The van der Waals surface area contributed by atoms with Crippen molar-refractivity contribution in [2.75, 3.05) is 24.7 Å². The lowest BCUT2D eigenvalue weighted by Crippen LogP contribution is -2.49. The predicted molar refractivity (Wildman–Crippen MR) is 114 cm³/mol. The van der Waals surface area contributed by atoms with Crippen molar-refractivity contribution in [1.82, 2.24) is 4.90 Å². The minimum Gasteiger partial charge on any atom is -0.507 e. The second kappa shape index (κ2) is 10.2. The number of nitrogens with zero attached hydrogens (tertiary/aromatic N) is 1. The van der Waals surface area contributed by atoms with Crippen molar-refractivity contribution in [3.8, 4) is 11.5 Å². The van der Waals surface area contributed by atoms with E-state index in [0.29, 0.717) is 29.7 Å². The van der Waals surface area contributed by atoms with Crippen LogP contribution in [0.4, 0.5) is 0 Å². The van der Waals surface area contributed by atoms with E-state index in [1.165, 1.54) is 6.07 Å². The lowest BCUT2D eigenvalue weighted by molar-refractivity contribution is -0.136. The molecule has 1 amide bonds. The molecular formula is C22H23NO6S. The number of carbonyl (C=O) groups is 3. The molecule has 1 saturated heterocycles. The number of aryl methyl sites for hydroxylation is 1. The number of phenols is 1. The van der Waals surface area contributed by atoms with E-state index in [1.807, 2.05) is 0 Å². The Bertz CT molecular complexity index is 932. The maximum absolute atomic E-state index is 13.3. The number of thioether (sulfide) groups is 1. The van der Waals surface area contributed by atoms with E-state index >= 15 is 0 Å². The average molecular weight is 429 g/mol. The lowest BCUT2D eigenvalue weighted by atomic mass is 10.0. The van der Waals surface area contributed by atoms with Crippen LogP contribution in [0.15, 0.2) is 42.5 Å². The fraction of sp³-hybridized carbons (Fsp3) is 0.318. The van der Waals surface area contributed by atoms with Crippen molar-refractivity contribution in [2.45, 2.75) is 18.9 Å². The van der Waals surface area contributed by atoms with Gasteiger partial charge in [0, 0.05) is 30.0 Å². The third-order valence-electron chi connectivity index (χ3n) is 4.94. The Kier molecular flexibility index (Phi) is 7.35. The van der Waals surface area contributed by atoms with Crippen LogP contribution in [-0.2, 0) is 11.2 Å². The van der Waals surface area contributed by atoms with E-state index in [4.69, 9.17) is 9.84 Å². The molecule has 0 aromatic heterocycles. The van der Waals surface area contributed by atoms with Crippen LogP contribution in [0.5, 0.6) is 11.5 Å². The van der Waals surface area contributed by atoms with Gasteiger partial charge in [-0.05, 0) is 30.2 Å². The molecule has 1 fully saturated rings. The van der Waals surface area contributed by atoms with Crippen LogP contribution in [0.2, 0.25) is 0 Å². The number of hydrogen-bond acceptors (Lipinski definition) is 6. The summed E-state index contributed by atoms with van der Waals surface area (Å²) in [6.07, 6.45) is 0.785. The molecule has 0 unspecified atom stereocenters. The fourth-order valence-electron chi connectivity index (χ4n) is 3.37. The van der Waals surface area contributed by atoms with E-state index in [0.717, 1.165) is 5.75 Å². The Morgan fingerprint density at radius 2 is 2.00 bits per heavy atom. The van der Waals surface area contributed by atoms with Crippen LogP contribution in [0.1, 0.15) is 32.7 Å². The van der Waals surface area contributed by atoms with Crippen molar-refractivity contribution < 1.29 is 29.3 Å². The van der Waals surface area contributed by atoms with Crippen molar-refractivity contribution in [3.63, 3.8) is 0 Å². The number of aliphatic carboxylic acids is 1. The summed E-state index contributed by atoms with van der Waals surface area (Å²) in [7, 11) is 0. The van der Waals surface area contributed by atoms with Crippen LogP contribution >= 0.6 is 11.8 Å². The number of carboxylic acids is 1. The molecule has 2 aromatic carbocycles. The van der Waals surface area contributed by atoms with Crippen molar-refractivity contribution >= 4 is 29.9 Å². The topological polar surface area (TPSA) is 104 Å². The third kappa shape index (κ3) is 5.13. The molecule has 1 aliphatic rings. The number of amides is 1. The third-order valence-corrected chi connectivity index (χ3v) is 6.03. The number of carbonyl (C=O) groups excluding carboxylic acids is 2. The molecule has 158 valence electrons. The summed E-state index contributed by atoms with van der Waals surface area (Å²) in [5.41, 5.74) is 1.29. The first-order chi connectivity index (χ1) is 14.5. The van der Waals surface area contributed by atoms with Crippen molar-refractivity contribution in [3.05, 3.63) is 59.2 Å². The molecule has 1 aliphatic heterocycles. The molecule has 30 heavy (non-hydrogen) atoms. The minimum absolute atomic E-state index is 0.0430. The Labute approximate surface area is 178 Å². The molecule has 1 heterocycles. The zero-order valence-corrected chi connectivity index (χ0v) is 17.1. The summed E-state index contributed by atoms with van der Waals surface area (Å²) in [6, 6.07) is 11.5. The summed E-state index contributed by atoms with van der Waals surface area (Å²) in [5.74, 6) is 0.533. The number of benzene rings is 2. The number of aldehydes is 1. The van der Waals surface area contributed by atoms with E-state index in [-0.39, 0.29) is 48.5 Å². The van der Waals surface area contributed by atoms with Gasteiger partial charge in [-0.2, -0.15) is 11.8 Å². The molecule has 0 radical (unpaired) electrons. The first-order valence-corrected chi connectivity index (χ1v) is 10.7. The van der Waals surface area contributed by atoms with Crippen LogP contribution in [0.3, 0.4) is 0 Å². The maximum Gasteiger partial charge on any atom is 0.303 e. The molecule has 1 atom stereocenters. The number of rotatable bonds is 8. The largest absolute Gasteiger partial charge is 0.507 e. The highest BCUT2D eigenvalue weighted by Gasteiger charge is 2.29. The van der Waals surface area contributed by atoms with E-state index < -0.39 is 5.97 Å². The van der Waals surface area contributed by atoms with Gasteiger partial charge in [-0.15, -0.1) is 0 Å².